The number of hydrogen-bond donors (Lipinski definition) is 2. The maximum atomic E-state index is 12.1. The quantitative estimate of drug-likeness (QED) is 0.896. The van der Waals surface area contributed by atoms with Crippen LogP contribution in [0, 0.1) is 0 Å². The van der Waals surface area contributed by atoms with Gasteiger partial charge in [0.05, 0.1) is 13.2 Å². The summed E-state index contributed by atoms with van der Waals surface area (Å²) >= 11 is 0. The van der Waals surface area contributed by atoms with Gasteiger partial charge in [-0.1, -0.05) is 0 Å². The summed E-state index contributed by atoms with van der Waals surface area (Å²) in [5.74, 6) is 0.751. The average molecular weight is 305 g/mol. The van der Waals surface area contributed by atoms with Crippen LogP contribution in [0.1, 0.15) is 27.2 Å². The lowest BCUT2D eigenvalue weighted by atomic mass is 10.1. The lowest BCUT2D eigenvalue weighted by Gasteiger charge is -2.23. The highest BCUT2D eigenvalue weighted by Crippen LogP contribution is 2.24. The van der Waals surface area contributed by atoms with E-state index in [0.29, 0.717) is 13.0 Å². The van der Waals surface area contributed by atoms with Crippen LogP contribution in [0.3, 0.4) is 0 Å². The summed E-state index contributed by atoms with van der Waals surface area (Å²) in [7, 11) is 1.60. The number of carbonyl (C=O) groups is 2. The van der Waals surface area contributed by atoms with E-state index in [9.17, 15) is 9.59 Å². The highest BCUT2D eigenvalue weighted by molar-refractivity contribution is 5.96. The van der Waals surface area contributed by atoms with Gasteiger partial charge in [0.2, 0.25) is 5.91 Å². The van der Waals surface area contributed by atoms with E-state index >= 15 is 0 Å². The molecule has 0 radical (unpaired) electrons. The summed E-state index contributed by atoms with van der Waals surface area (Å²) in [6.07, 6.45) is 0.309. The standard InChI is InChI=1S/C16H23N3O3/c1-16(2,3)18-15(21)17-11-9-14(20)19(10-11)12-5-7-13(22-4)8-6-12/h5-8,11H,9-10H2,1-4H3,(H2,17,18,21)/t11-/m1/s1. The van der Waals surface area contributed by atoms with Gasteiger partial charge in [-0.15, -0.1) is 0 Å². The molecule has 1 fully saturated rings. The number of benzene rings is 1. The predicted molar refractivity (Wildman–Crippen MR) is 85.2 cm³/mol. The van der Waals surface area contributed by atoms with E-state index in [1.807, 2.05) is 45.0 Å². The van der Waals surface area contributed by atoms with Gasteiger partial charge in [-0.2, -0.15) is 0 Å². The molecule has 0 saturated carbocycles. The first kappa shape index (κ1) is 16.1. The third-order valence-corrected chi connectivity index (χ3v) is 3.33. The van der Waals surface area contributed by atoms with Crippen molar-refractivity contribution < 1.29 is 14.3 Å². The van der Waals surface area contributed by atoms with Crippen molar-refractivity contribution in [3.8, 4) is 5.75 Å². The van der Waals surface area contributed by atoms with Gasteiger partial charge < -0.3 is 20.3 Å². The first-order valence-electron chi connectivity index (χ1n) is 7.31. The number of amides is 3. The molecule has 0 aromatic heterocycles. The Hall–Kier alpha value is -2.24. The Morgan fingerprint density at radius 3 is 2.45 bits per heavy atom. The minimum Gasteiger partial charge on any atom is -0.497 e. The number of nitrogens with one attached hydrogen (secondary N) is 2. The van der Waals surface area contributed by atoms with Crippen molar-refractivity contribution in [1.29, 1.82) is 0 Å². The Labute approximate surface area is 130 Å². The lowest BCUT2D eigenvalue weighted by Crippen LogP contribution is -2.50. The van der Waals surface area contributed by atoms with E-state index < -0.39 is 0 Å². The molecule has 1 aliphatic rings. The maximum absolute atomic E-state index is 12.1. The average Bonchev–Trinajstić information content (AvgIpc) is 2.77. The Kier molecular flexibility index (Phi) is 4.59. The molecule has 0 unspecified atom stereocenters. The van der Waals surface area contributed by atoms with Crippen molar-refractivity contribution >= 4 is 17.6 Å². The maximum Gasteiger partial charge on any atom is 0.315 e. The number of rotatable bonds is 3. The molecule has 1 aromatic rings. The van der Waals surface area contributed by atoms with Crippen molar-refractivity contribution in [2.75, 3.05) is 18.6 Å². The smallest absolute Gasteiger partial charge is 0.315 e. The van der Waals surface area contributed by atoms with Gasteiger partial charge in [-0.25, -0.2) is 4.79 Å². The van der Waals surface area contributed by atoms with Gasteiger partial charge >= 0.3 is 6.03 Å². The molecule has 0 spiro atoms. The zero-order valence-electron chi connectivity index (χ0n) is 13.5. The molecule has 22 heavy (non-hydrogen) atoms. The van der Waals surface area contributed by atoms with Crippen LogP contribution >= 0.6 is 0 Å². The summed E-state index contributed by atoms with van der Waals surface area (Å²) in [6.45, 7) is 6.21. The SMILES string of the molecule is COc1ccc(N2C[C@H](NC(=O)NC(C)(C)C)CC2=O)cc1. The van der Waals surface area contributed by atoms with Crippen molar-refractivity contribution in [2.24, 2.45) is 0 Å². The van der Waals surface area contributed by atoms with Crippen molar-refractivity contribution in [3.05, 3.63) is 24.3 Å². The molecule has 1 aromatic carbocycles. The van der Waals surface area contributed by atoms with Crippen LogP contribution in [0.4, 0.5) is 10.5 Å². The molecule has 1 atom stereocenters. The zero-order chi connectivity index (χ0) is 16.3. The highest BCUT2D eigenvalue weighted by atomic mass is 16.5. The first-order valence-corrected chi connectivity index (χ1v) is 7.31. The predicted octanol–water partition coefficient (Wildman–Crippen LogP) is 1.90. The Morgan fingerprint density at radius 2 is 1.91 bits per heavy atom. The van der Waals surface area contributed by atoms with E-state index in [1.54, 1.807) is 12.0 Å². The molecule has 6 nitrogen and oxygen atoms in total. The number of methoxy groups -OCH3 is 1. The van der Waals surface area contributed by atoms with Crippen LogP contribution in [0.15, 0.2) is 24.3 Å². The highest BCUT2D eigenvalue weighted by Gasteiger charge is 2.32. The number of hydrogen-bond acceptors (Lipinski definition) is 3. The third kappa shape index (κ3) is 4.13. The van der Waals surface area contributed by atoms with Crippen LogP contribution in [-0.2, 0) is 4.79 Å². The molecule has 0 aliphatic carbocycles. The molecule has 1 saturated heterocycles. The Balaban J connectivity index is 1.97. The van der Waals surface area contributed by atoms with Crippen LogP contribution in [0.2, 0.25) is 0 Å². The molecule has 3 amide bonds. The molecular formula is C16H23N3O3. The van der Waals surface area contributed by atoms with Crippen molar-refractivity contribution in [2.45, 2.75) is 38.8 Å². The largest absolute Gasteiger partial charge is 0.497 e. The number of urea groups is 1. The number of carbonyl (C=O) groups excluding carboxylic acids is 2. The summed E-state index contributed by atoms with van der Waals surface area (Å²) in [6, 6.07) is 6.88. The summed E-state index contributed by atoms with van der Waals surface area (Å²) in [5, 5.41) is 5.69. The van der Waals surface area contributed by atoms with Crippen LogP contribution in [0.25, 0.3) is 0 Å². The van der Waals surface area contributed by atoms with Crippen LogP contribution < -0.4 is 20.3 Å². The van der Waals surface area contributed by atoms with Gasteiger partial charge in [0.15, 0.2) is 0 Å². The second kappa shape index (κ2) is 6.25. The van der Waals surface area contributed by atoms with E-state index in [1.165, 1.54) is 0 Å². The van der Waals surface area contributed by atoms with Crippen LogP contribution in [-0.4, -0.2) is 37.2 Å². The minimum absolute atomic E-state index is 0.00576. The normalized spacial score (nSPS) is 18.3. The fourth-order valence-corrected chi connectivity index (χ4v) is 2.38. The minimum atomic E-state index is -0.303. The van der Waals surface area contributed by atoms with Gasteiger partial charge in [0, 0.05) is 24.2 Å². The number of ether oxygens (including phenoxy) is 1. The molecule has 2 N–H and O–H groups in total. The summed E-state index contributed by atoms with van der Waals surface area (Å²) < 4.78 is 5.11. The van der Waals surface area contributed by atoms with Crippen molar-refractivity contribution in [1.82, 2.24) is 10.6 Å². The van der Waals surface area contributed by atoms with Gasteiger partial charge in [-0.05, 0) is 45.0 Å². The number of nitrogens with zero attached hydrogens (tertiary/aromatic N) is 1. The van der Waals surface area contributed by atoms with Crippen molar-refractivity contribution in [3.63, 3.8) is 0 Å². The number of anilines is 1. The fraction of sp³-hybridized carbons (Fsp3) is 0.500. The first-order chi connectivity index (χ1) is 10.3. The molecule has 120 valence electrons. The molecule has 0 bridgehead atoms. The van der Waals surface area contributed by atoms with Crippen LogP contribution in [0.5, 0.6) is 5.75 Å². The Bertz CT molecular complexity index is 549. The van der Waals surface area contributed by atoms with E-state index in [4.69, 9.17) is 4.74 Å². The summed E-state index contributed by atoms with van der Waals surface area (Å²) in [4.78, 5) is 25.7. The Morgan fingerprint density at radius 1 is 1.27 bits per heavy atom. The van der Waals surface area contributed by atoms with Gasteiger partial charge in [0.25, 0.3) is 0 Å². The second-order valence-corrected chi connectivity index (χ2v) is 6.45. The molecule has 1 aliphatic heterocycles. The fourth-order valence-electron chi connectivity index (χ4n) is 2.38. The monoisotopic (exact) mass is 305 g/mol. The van der Waals surface area contributed by atoms with E-state index in [-0.39, 0.29) is 23.5 Å². The topological polar surface area (TPSA) is 70.7 Å². The molecule has 1 heterocycles. The third-order valence-electron chi connectivity index (χ3n) is 3.33. The second-order valence-electron chi connectivity index (χ2n) is 6.45. The molecule has 6 heteroatoms. The van der Waals surface area contributed by atoms with Gasteiger partial charge in [-0.3, -0.25) is 4.79 Å². The lowest BCUT2D eigenvalue weighted by molar-refractivity contribution is -0.117. The zero-order valence-corrected chi connectivity index (χ0v) is 13.5. The molecule has 2 rings (SSSR count). The summed E-state index contributed by atoms with van der Waals surface area (Å²) in [5.41, 5.74) is 0.508. The van der Waals surface area contributed by atoms with Gasteiger partial charge in [0.1, 0.15) is 5.75 Å². The van der Waals surface area contributed by atoms with E-state index in [0.717, 1.165) is 11.4 Å². The molecular weight excluding hydrogens is 282 g/mol. The van der Waals surface area contributed by atoms with E-state index in [2.05, 4.69) is 10.6 Å².